The zero-order valence-electron chi connectivity index (χ0n) is 20.0. The molecule has 0 saturated heterocycles. The lowest BCUT2D eigenvalue weighted by Crippen LogP contribution is -2.45. The Morgan fingerprint density at radius 3 is 2.54 bits per heavy atom. The van der Waals surface area contributed by atoms with Crippen molar-refractivity contribution in [2.75, 3.05) is 6.54 Å². The van der Waals surface area contributed by atoms with Gasteiger partial charge in [0.05, 0.1) is 28.5 Å². The maximum Gasteiger partial charge on any atom is 0.280 e. The standard InChI is InChI=1S/C29H30N4O2/c1-2-3-12-27-28-26(17-19-32(27)20-23-11-7-8-18-30-23)31-33(29(28)34)24-13-15-25(16-14-24)35-21-22-9-5-4-6-10-22/h4-11,13-18,31H,2-3,12,19-21H2,1H3. The Morgan fingerprint density at radius 2 is 1.80 bits per heavy atom. The number of unbranched alkanes of at least 4 members (excludes halogenated alkanes) is 1. The third kappa shape index (κ3) is 5.06. The van der Waals surface area contributed by atoms with E-state index in [-0.39, 0.29) is 5.56 Å². The lowest BCUT2D eigenvalue weighted by Gasteiger charge is -2.27. The highest BCUT2D eigenvalue weighted by Crippen LogP contribution is 2.18. The molecule has 1 N–H and O–H groups in total. The molecule has 0 saturated carbocycles. The van der Waals surface area contributed by atoms with Crippen molar-refractivity contribution in [3.63, 3.8) is 0 Å². The second-order valence-corrected chi connectivity index (χ2v) is 8.77. The molecule has 0 spiro atoms. The van der Waals surface area contributed by atoms with Gasteiger partial charge in [-0.2, -0.15) is 0 Å². The summed E-state index contributed by atoms with van der Waals surface area (Å²) in [6.07, 6.45) is 6.89. The minimum absolute atomic E-state index is 0.0222. The third-order valence-electron chi connectivity index (χ3n) is 6.29. The van der Waals surface area contributed by atoms with Gasteiger partial charge in [-0.05, 0) is 60.9 Å². The molecule has 5 rings (SSSR count). The van der Waals surface area contributed by atoms with Crippen LogP contribution in [0.15, 0.2) is 83.8 Å². The average molecular weight is 467 g/mol. The fraction of sp³-hybridized carbons (Fsp3) is 0.241. The van der Waals surface area contributed by atoms with Gasteiger partial charge in [0.15, 0.2) is 0 Å². The first-order valence-electron chi connectivity index (χ1n) is 12.2. The van der Waals surface area contributed by atoms with Crippen LogP contribution in [0, 0.1) is 0 Å². The van der Waals surface area contributed by atoms with E-state index in [1.165, 1.54) is 0 Å². The van der Waals surface area contributed by atoms with Crippen LogP contribution in [-0.4, -0.2) is 26.2 Å². The molecule has 2 aromatic carbocycles. The molecule has 0 unspecified atom stereocenters. The van der Waals surface area contributed by atoms with Gasteiger partial charge in [0.1, 0.15) is 12.4 Å². The molecular formula is C29H30N4O2. The number of hydrogen-bond donors (Lipinski definition) is 1. The molecule has 0 radical (unpaired) electrons. The Morgan fingerprint density at radius 1 is 1.00 bits per heavy atom. The van der Waals surface area contributed by atoms with E-state index in [4.69, 9.17) is 4.74 Å². The second kappa shape index (κ2) is 10.5. The minimum Gasteiger partial charge on any atom is -0.489 e. The molecule has 0 fully saturated rings. The molecule has 1 aliphatic rings. The number of benzene rings is 2. The summed E-state index contributed by atoms with van der Waals surface area (Å²) in [7, 11) is 0. The van der Waals surface area contributed by atoms with Crippen LogP contribution in [0.2, 0.25) is 0 Å². The predicted octanol–water partition coefficient (Wildman–Crippen LogP) is 3.73. The summed E-state index contributed by atoms with van der Waals surface area (Å²) in [5.41, 5.74) is 3.98. The highest BCUT2D eigenvalue weighted by atomic mass is 16.5. The van der Waals surface area contributed by atoms with Gasteiger partial charge in [0, 0.05) is 18.4 Å². The van der Waals surface area contributed by atoms with Crippen LogP contribution in [0.4, 0.5) is 0 Å². The molecular weight excluding hydrogens is 436 g/mol. The van der Waals surface area contributed by atoms with E-state index < -0.39 is 0 Å². The molecule has 6 nitrogen and oxygen atoms in total. The van der Waals surface area contributed by atoms with Crippen LogP contribution in [0.1, 0.15) is 37.4 Å². The minimum atomic E-state index is -0.0222. The topological polar surface area (TPSA) is 63.1 Å². The molecule has 0 bridgehead atoms. The molecule has 35 heavy (non-hydrogen) atoms. The Bertz CT molecular complexity index is 1440. The van der Waals surface area contributed by atoms with Gasteiger partial charge in [-0.25, -0.2) is 4.68 Å². The van der Waals surface area contributed by atoms with Crippen molar-refractivity contribution >= 4 is 11.8 Å². The van der Waals surface area contributed by atoms with Crippen LogP contribution in [0.3, 0.4) is 0 Å². The van der Waals surface area contributed by atoms with Gasteiger partial charge in [0.25, 0.3) is 5.56 Å². The molecule has 4 aromatic rings. The molecule has 0 amide bonds. The molecule has 3 heterocycles. The van der Waals surface area contributed by atoms with Crippen LogP contribution >= 0.6 is 0 Å². The van der Waals surface area contributed by atoms with Gasteiger partial charge < -0.3 is 9.64 Å². The van der Waals surface area contributed by atoms with Crippen molar-refractivity contribution in [3.05, 3.63) is 111 Å². The first-order chi connectivity index (χ1) is 17.2. The number of aromatic amines is 1. The van der Waals surface area contributed by atoms with Gasteiger partial charge >= 0.3 is 0 Å². The van der Waals surface area contributed by atoms with Crippen LogP contribution < -0.4 is 20.9 Å². The molecule has 178 valence electrons. The van der Waals surface area contributed by atoms with E-state index in [1.54, 1.807) is 4.68 Å². The van der Waals surface area contributed by atoms with E-state index in [0.29, 0.717) is 13.2 Å². The van der Waals surface area contributed by atoms with Gasteiger partial charge in [-0.3, -0.25) is 14.9 Å². The Kier molecular flexibility index (Phi) is 6.80. The summed E-state index contributed by atoms with van der Waals surface area (Å²) in [5.74, 6) is 0.769. The monoisotopic (exact) mass is 466 g/mol. The average Bonchev–Trinajstić information content (AvgIpc) is 3.25. The quantitative estimate of drug-likeness (QED) is 0.408. The summed E-state index contributed by atoms with van der Waals surface area (Å²) in [6.45, 7) is 4.12. The van der Waals surface area contributed by atoms with Crippen LogP contribution in [0.25, 0.3) is 17.5 Å². The number of aromatic nitrogens is 3. The molecule has 0 aliphatic carbocycles. The van der Waals surface area contributed by atoms with Crippen molar-refractivity contribution in [2.24, 2.45) is 0 Å². The number of ether oxygens (including phenoxy) is 1. The Hall–Kier alpha value is -4.06. The summed E-state index contributed by atoms with van der Waals surface area (Å²) >= 11 is 0. The zero-order valence-corrected chi connectivity index (χ0v) is 20.0. The van der Waals surface area contributed by atoms with E-state index >= 15 is 0 Å². The van der Waals surface area contributed by atoms with Crippen molar-refractivity contribution < 1.29 is 4.74 Å². The maximum atomic E-state index is 13.6. The molecule has 1 aliphatic heterocycles. The Balaban J connectivity index is 1.44. The smallest absolute Gasteiger partial charge is 0.280 e. The summed E-state index contributed by atoms with van der Waals surface area (Å²) in [6, 6.07) is 23.7. The first kappa shape index (κ1) is 22.7. The van der Waals surface area contributed by atoms with Gasteiger partial charge in [-0.15, -0.1) is 0 Å². The van der Waals surface area contributed by atoms with Crippen molar-refractivity contribution in [3.8, 4) is 11.4 Å². The largest absolute Gasteiger partial charge is 0.489 e. The normalized spacial score (nSPS) is 12.8. The number of fused-ring (bicyclic) bond motifs is 1. The lowest BCUT2D eigenvalue weighted by molar-refractivity contribution is 0.306. The summed E-state index contributed by atoms with van der Waals surface area (Å²) in [5, 5.41) is 4.99. The number of pyridine rings is 1. The predicted molar refractivity (Wildman–Crippen MR) is 138 cm³/mol. The first-order valence-corrected chi connectivity index (χ1v) is 12.2. The van der Waals surface area contributed by atoms with Crippen molar-refractivity contribution in [2.45, 2.75) is 39.3 Å². The number of rotatable bonds is 9. The molecule has 0 atom stereocenters. The maximum absolute atomic E-state index is 13.6. The highest BCUT2D eigenvalue weighted by molar-refractivity contribution is 5.50. The SMILES string of the molecule is CCCCC1=c2c([nH]n(-c3ccc(OCc4ccccc4)cc3)c2=O)=CCN1Cc1ccccn1. The van der Waals surface area contributed by atoms with Gasteiger partial charge in [-0.1, -0.05) is 49.7 Å². The second-order valence-electron chi connectivity index (χ2n) is 8.77. The molecule has 2 aromatic heterocycles. The van der Waals surface area contributed by atoms with Crippen LogP contribution in [0.5, 0.6) is 5.75 Å². The number of hydrogen-bond acceptors (Lipinski definition) is 4. The summed E-state index contributed by atoms with van der Waals surface area (Å²) in [4.78, 5) is 20.4. The van der Waals surface area contributed by atoms with E-state index in [2.05, 4.69) is 28.0 Å². The van der Waals surface area contributed by atoms with E-state index in [9.17, 15) is 4.79 Å². The zero-order chi connectivity index (χ0) is 24.0. The summed E-state index contributed by atoms with van der Waals surface area (Å²) < 4.78 is 7.54. The van der Waals surface area contributed by atoms with E-state index in [1.807, 2.05) is 79.0 Å². The number of nitrogens with zero attached hydrogens (tertiary/aromatic N) is 3. The van der Waals surface area contributed by atoms with Gasteiger partial charge in [0.2, 0.25) is 0 Å². The van der Waals surface area contributed by atoms with Crippen molar-refractivity contribution in [1.82, 2.24) is 19.7 Å². The highest BCUT2D eigenvalue weighted by Gasteiger charge is 2.19. The van der Waals surface area contributed by atoms with E-state index in [0.717, 1.165) is 64.8 Å². The lowest BCUT2D eigenvalue weighted by atomic mass is 10.1. The fourth-order valence-corrected chi connectivity index (χ4v) is 4.44. The van der Waals surface area contributed by atoms with Crippen LogP contribution in [-0.2, 0) is 13.2 Å². The number of H-pyrrole nitrogens is 1. The number of nitrogens with one attached hydrogen (secondary N) is 1. The third-order valence-corrected chi connectivity index (χ3v) is 6.29. The van der Waals surface area contributed by atoms with Crippen molar-refractivity contribution in [1.29, 1.82) is 0 Å². The Labute approximate surface area is 204 Å². The molecule has 6 heteroatoms. The fourth-order valence-electron chi connectivity index (χ4n) is 4.44.